The normalized spacial score (nSPS) is 12.5. The van der Waals surface area contributed by atoms with E-state index in [-0.39, 0.29) is 28.8 Å². The van der Waals surface area contributed by atoms with Gasteiger partial charge < -0.3 is 14.1 Å². The molecule has 0 unspecified atom stereocenters. The summed E-state index contributed by atoms with van der Waals surface area (Å²) in [6.45, 7) is 0.646. The van der Waals surface area contributed by atoms with Crippen LogP contribution in [0.4, 0.5) is 0 Å². The number of pyridine rings is 1. The number of rotatable bonds is 9. The zero-order chi connectivity index (χ0) is 27.9. The van der Waals surface area contributed by atoms with Crippen molar-refractivity contribution >= 4 is 59.0 Å². The highest BCUT2D eigenvalue weighted by molar-refractivity contribution is 7.86. The maximum absolute atomic E-state index is 12.1. The van der Waals surface area contributed by atoms with Gasteiger partial charge in [0.1, 0.15) is 22.2 Å². The standard InChI is InChI=1S/C26H22N2O9S2/c29-23(30)8-2-1-5-12-28-13-11-20(19-6-3-4-7-21(19)28)26-27-24-18-10-9-17(38(31,32)33)14-16(18)15-22(25(24)37-26)39(34,35)36/h3-4,6-7,9-11,13-15H,1-2,5,8,12H2,(H2-,29,30,31,32,33,34,35,36). The van der Waals surface area contributed by atoms with E-state index < -0.39 is 36.0 Å². The summed E-state index contributed by atoms with van der Waals surface area (Å²) >= 11 is 0. The first kappa shape index (κ1) is 26.7. The summed E-state index contributed by atoms with van der Waals surface area (Å²) in [5.41, 5.74) is 1.18. The minimum Gasteiger partial charge on any atom is -0.744 e. The smallest absolute Gasteiger partial charge is 0.303 e. The maximum atomic E-state index is 12.1. The fourth-order valence-corrected chi connectivity index (χ4v) is 5.77. The molecule has 39 heavy (non-hydrogen) atoms. The van der Waals surface area contributed by atoms with E-state index in [4.69, 9.17) is 9.52 Å². The molecule has 11 nitrogen and oxygen atoms in total. The van der Waals surface area contributed by atoms with Crippen molar-refractivity contribution < 1.29 is 44.8 Å². The third kappa shape index (κ3) is 5.34. The van der Waals surface area contributed by atoms with Crippen LogP contribution >= 0.6 is 0 Å². The lowest BCUT2D eigenvalue weighted by molar-refractivity contribution is -0.671. The van der Waals surface area contributed by atoms with Crippen molar-refractivity contribution in [3.8, 4) is 11.5 Å². The molecule has 5 rings (SSSR count). The Morgan fingerprint density at radius 3 is 2.46 bits per heavy atom. The molecule has 0 radical (unpaired) electrons. The highest BCUT2D eigenvalue weighted by Crippen LogP contribution is 2.36. The number of oxazole rings is 1. The lowest BCUT2D eigenvalue weighted by Gasteiger charge is -2.09. The third-order valence-corrected chi connectivity index (χ3v) is 8.12. The molecule has 202 valence electrons. The molecule has 5 aromatic rings. The van der Waals surface area contributed by atoms with Crippen LogP contribution in [0.5, 0.6) is 0 Å². The zero-order valence-electron chi connectivity index (χ0n) is 20.3. The van der Waals surface area contributed by atoms with Crippen molar-refractivity contribution in [2.75, 3.05) is 0 Å². The first-order chi connectivity index (χ1) is 18.4. The number of aryl methyl sites for hydroxylation is 1. The molecule has 0 amide bonds. The Hall–Kier alpha value is -3.91. The van der Waals surface area contributed by atoms with E-state index in [1.165, 1.54) is 6.07 Å². The van der Waals surface area contributed by atoms with Crippen molar-refractivity contribution in [1.82, 2.24) is 4.98 Å². The number of nitrogens with zero attached hydrogens (tertiary/aromatic N) is 2. The number of carboxylic acids is 1. The number of aliphatic carboxylic acids is 1. The summed E-state index contributed by atoms with van der Waals surface area (Å²) in [6, 6.07) is 13.8. The molecule has 0 spiro atoms. The van der Waals surface area contributed by atoms with Crippen LogP contribution in [-0.4, -0.2) is 42.0 Å². The minimum absolute atomic E-state index is 0.0538. The van der Waals surface area contributed by atoms with Gasteiger partial charge in [0, 0.05) is 30.4 Å². The highest BCUT2D eigenvalue weighted by Gasteiger charge is 2.23. The average molecular weight is 571 g/mol. The highest BCUT2D eigenvalue weighted by atomic mass is 32.2. The quantitative estimate of drug-likeness (QED) is 0.150. The minimum atomic E-state index is -5.04. The van der Waals surface area contributed by atoms with Gasteiger partial charge in [-0.05, 0) is 42.5 Å². The molecular weight excluding hydrogens is 548 g/mol. The van der Waals surface area contributed by atoms with Gasteiger partial charge in [0.2, 0.25) is 11.4 Å². The molecule has 2 heterocycles. The number of carbonyl (C=O) groups is 1. The lowest BCUT2D eigenvalue weighted by atomic mass is 10.1. The van der Waals surface area contributed by atoms with Crippen LogP contribution in [0.3, 0.4) is 0 Å². The Labute approximate surface area is 222 Å². The van der Waals surface area contributed by atoms with Crippen LogP contribution in [0, 0.1) is 0 Å². The third-order valence-electron chi connectivity index (χ3n) is 6.43. The number of aromatic nitrogens is 2. The predicted molar refractivity (Wildman–Crippen MR) is 139 cm³/mol. The average Bonchev–Trinajstić information content (AvgIpc) is 3.31. The van der Waals surface area contributed by atoms with E-state index in [9.17, 15) is 30.7 Å². The second kappa shape index (κ2) is 10.0. The largest absolute Gasteiger partial charge is 0.744 e. The van der Waals surface area contributed by atoms with Gasteiger partial charge in [0.15, 0.2) is 11.8 Å². The molecule has 0 saturated heterocycles. The zero-order valence-corrected chi connectivity index (χ0v) is 21.9. The van der Waals surface area contributed by atoms with Crippen LogP contribution in [0.1, 0.15) is 25.7 Å². The van der Waals surface area contributed by atoms with Gasteiger partial charge in [0.25, 0.3) is 10.1 Å². The molecule has 0 aliphatic carbocycles. The number of hydrogen-bond acceptors (Lipinski definition) is 8. The fraction of sp³-hybridized carbons (Fsp3) is 0.192. The number of para-hydroxylation sites is 1. The van der Waals surface area contributed by atoms with Crippen molar-refractivity contribution in [2.24, 2.45) is 0 Å². The number of carboxylic acid groups (broad SMARTS) is 1. The maximum Gasteiger partial charge on any atom is 0.303 e. The number of benzene rings is 3. The van der Waals surface area contributed by atoms with Crippen molar-refractivity contribution in [1.29, 1.82) is 0 Å². The van der Waals surface area contributed by atoms with Gasteiger partial charge in [-0.15, -0.1) is 0 Å². The molecule has 2 aromatic heterocycles. The first-order valence-electron chi connectivity index (χ1n) is 11.9. The Kier molecular flexibility index (Phi) is 6.84. The van der Waals surface area contributed by atoms with E-state index in [1.54, 1.807) is 6.07 Å². The van der Waals surface area contributed by atoms with Crippen LogP contribution < -0.4 is 4.57 Å². The Morgan fingerprint density at radius 1 is 0.974 bits per heavy atom. The van der Waals surface area contributed by atoms with E-state index in [1.807, 2.05) is 35.0 Å². The van der Waals surface area contributed by atoms with Gasteiger partial charge in [0.05, 0.1) is 20.7 Å². The van der Waals surface area contributed by atoms with Crippen molar-refractivity contribution in [3.05, 3.63) is 60.8 Å². The molecule has 0 fully saturated rings. The molecule has 0 saturated carbocycles. The molecule has 0 aliphatic rings. The Balaban J connectivity index is 1.64. The van der Waals surface area contributed by atoms with E-state index in [0.29, 0.717) is 23.9 Å². The van der Waals surface area contributed by atoms with Crippen LogP contribution in [0.15, 0.2) is 75.0 Å². The monoisotopic (exact) mass is 570 g/mol. The SMILES string of the molecule is O=C(O)CCCCC[n+]1ccc(-c2nc3c(o2)c(S(=O)(=O)[O-])cc2cc(S(=O)(=O)O)ccc23)c2ccccc21. The van der Waals surface area contributed by atoms with E-state index in [2.05, 4.69) is 4.98 Å². The summed E-state index contributed by atoms with van der Waals surface area (Å²) in [6.07, 6.45) is 4.05. The summed E-state index contributed by atoms with van der Waals surface area (Å²) in [4.78, 5) is 14.1. The summed E-state index contributed by atoms with van der Waals surface area (Å²) in [7, 11) is -9.62. The topological polar surface area (TPSA) is 179 Å². The molecular formula is C26H22N2O9S2. The van der Waals surface area contributed by atoms with E-state index >= 15 is 0 Å². The Morgan fingerprint density at radius 2 is 1.74 bits per heavy atom. The number of hydrogen-bond donors (Lipinski definition) is 2. The number of unbranched alkanes of at least 4 members (excludes halogenated alkanes) is 2. The summed E-state index contributed by atoms with van der Waals surface area (Å²) in [5.74, 6) is -0.763. The fourth-order valence-electron chi connectivity index (χ4n) is 4.62. The summed E-state index contributed by atoms with van der Waals surface area (Å²) < 4.78 is 76.8. The Bertz CT molecular complexity index is 1980. The second-order valence-corrected chi connectivity index (χ2v) is 11.8. The lowest BCUT2D eigenvalue weighted by Crippen LogP contribution is -2.34. The predicted octanol–water partition coefficient (Wildman–Crippen LogP) is 3.88. The molecule has 3 aromatic carbocycles. The molecule has 0 aliphatic heterocycles. The van der Waals surface area contributed by atoms with Crippen molar-refractivity contribution in [2.45, 2.75) is 42.0 Å². The second-order valence-electron chi connectivity index (χ2n) is 9.03. The molecule has 0 atom stereocenters. The van der Waals surface area contributed by atoms with Gasteiger partial charge in [-0.1, -0.05) is 18.2 Å². The van der Waals surface area contributed by atoms with Crippen molar-refractivity contribution in [3.63, 3.8) is 0 Å². The van der Waals surface area contributed by atoms with Gasteiger partial charge in [-0.3, -0.25) is 9.35 Å². The van der Waals surface area contributed by atoms with Gasteiger partial charge in [-0.25, -0.2) is 13.4 Å². The molecule has 0 bridgehead atoms. The van der Waals surface area contributed by atoms with Crippen LogP contribution in [-0.2, 0) is 31.6 Å². The number of fused-ring (bicyclic) bond motifs is 4. The summed E-state index contributed by atoms with van der Waals surface area (Å²) in [5, 5.41) is 9.98. The van der Waals surface area contributed by atoms with Gasteiger partial charge >= 0.3 is 5.97 Å². The van der Waals surface area contributed by atoms with Crippen LogP contribution in [0.2, 0.25) is 0 Å². The van der Waals surface area contributed by atoms with Crippen LogP contribution in [0.25, 0.3) is 44.2 Å². The first-order valence-corrected chi connectivity index (χ1v) is 14.7. The van der Waals surface area contributed by atoms with Gasteiger partial charge in [-0.2, -0.15) is 13.0 Å². The van der Waals surface area contributed by atoms with E-state index in [0.717, 1.165) is 41.9 Å². The molecule has 13 heteroatoms. The molecule has 2 N–H and O–H groups in total.